The van der Waals surface area contributed by atoms with E-state index in [9.17, 15) is 13.2 Å². The number of pyridine rings is 1. The van der Waals surface area contributed by atoms with Crippen molar-refractivity contribution >= 4 is 10.9 Å². The van der Waals surface area contributed by atoms with Crippen LogP contribution in [-0.4, -0.2) is 28.9 Å². The standard InChI is InChI=1S/C15H15F3N2/c16-12-2-4-14-11(9-12)1-3-13(19-14)10-20-7-5-15(17,18)6-8-20/h1-4,9H,5-8,10H2. The molecule has 0 atom stereocenters. The zero-order valence-electron chi connectivity index (χ0n) is 11.0. The summed E-state index contributed by atoms with van der Waals surface area (Å²) < 4.78 is 39.2. The van der Waals surface area contributed by atoms with Crippen LogP contribution in [0.15, 0.2) is 30.3 Å². The van der Waals surface area contributed by atoms with Crippen molar-refractivity contribution in [2.75, 3.05) is 13.1 Å². The van der Waals surface area contributed by atoms with Crippen molar-refractivity contribution < 1.29 is 13.2 Å². The van der Waals surface area contributed by atoms with Crippen LogP contribution in [0.1, 0.15) is 18.5 Å². The van der Waals surface area contributed by atoms with E-state index in [1.165, 1.54) is 12.1 Å². The number of hydrogen-bond acceptors (Lipinski definition) is 2. The van der Waals surface area contributed by atoms with Crippen LogP contribution in [0.4, 0.5) is 13.2 Å². The van der Waals surface area contributed by atoms with Gasteiger partial charge in [-0.15, -0.1) is 0 Å². The van der Waals surface area contributed by atoms with Gasteiger partial charge in [0.2, 0.25) is 0 Å². The summed E-state index contributed by atoms with van der Waals surface area (Å²) in [6, 6.07) is 8.10. The van der Waals surface area contributed by atoms with E-state index < -0.39 is 5.92 Å². The maximum absolute atomic E-state index is 13.1. The van der Waals surface area contributed by atoms with E-state index in [1.807, 2.05) is 17.0 Å². The van der Waals surface area contributed by atoms with Gasteiger partial charge in [-0.2, -0.15) is 0 Å². The zero-order valence-corrected chi connectivity index (χ0v) is 11.0. The Kier molecular flexibility index (Phi) is 3.38. The molecule has 0 aliphatic carbocycles. The van der Waals surface area contributed by atoms with Gasteiger partial charge in [0.1, 0.15) is 5.82 Å². The molecule has 0 saturated carbocycles. The Morgan fingerprint density at radius 2 is 1.85 bits per heavy atom. The van der Waals surface area contributed by atoms with E-state index in [4.69, 9.17) is 0 Å². The number of hydrogen-bond donors (Lipinski definition) is 0. The molecular formula is C15H15F3N2. The van der Waals surface area contributed by atoms with E-state index in [0.29, 0.717) is 19.6 Å². The van der Waals surface area contributed by atoms with Crippen molar-refractivity contribution in [3.8, 4) is 0 Å². The highest BCUT2D eigenvalue weighted by atomic mass is 19.3. The van der Waals surface area contributed by atoms with Crippen LogP contribution >= 0.6 is 0 Å². The van der Waals surface area contributed by atoms with Gasteiger partial charge in [0.25, 0.3) is 5.92 Å². The highest BCUT2D eigenvalue weighted by molar-refractivity contribution is 5.78. The predicted molar refractivity (Wildman–Crippen MR) is 71.2 cm³/mol. The van der Waals surface area contributed by atoms with Crippen molar-refractivity contribution in [1.82, 2.24) is 9.88 Å². The molecule has 0 unspecified atom stereocenters. The molecule has 0 N–H and O–H groups in total. The first-order chi connectivity index (χ1) is 9.52. The largest absolute Gasteiger partial charge is 0.297 e. The third-order valence-electron chi connectivity index (χ3n) is 3.68. The Bertz CT molecular complexity index is 618. The summed E-state index contributed by atoms with van der Waals surface area (Å²) in [5.41, 5.74) is 1.56. The van der Waals surface area contributed by atoms with E-state index >= 15 is 0 Å². The smallest absolute Gasteiger partial charge is 0.250 e. The van der Waals surface area contributed by atoms with Crippen LogP contribution in [0.3, 0.4) is 0 Å². The number of likely N-dealkylation sites (tertiary alicyclic amines) is 1. The minimum absolute atomic E-state index is 0.0915. The molecule has 0 amide bonds. The molecule has 1 fully saturated rings. The molecule has 20 heavy (non-hydrogen) atoms. The van der Waals surface area contributed by atoms with E-state index in [1.54, 1.807) is 6.07 Å². The molecule has 1 saturated heterocycles. The van der Waals surface area contributed by atoms with Crippen molar-refractivity contribution in [3.63, 3.8) is 0 Å². The number of aromatic nitrogens is 1. The van der Waals surface area contributed by atoms with Crippen molar-refractivity contribution in [2.24, 2.45) is 0 Å². The maximum Gasteiger partial charge on any atom is 0.250 e. The molecule has 1 aromatic heterocycles. The molecule has 0 radical (unpaired) electrons. The minimum atomic E-state index is -2.52. The predicted octanol–water partition coefficient (Wildman–Crippen LogP) is 3.61. The Labute approximate surface area is 115 Å². The number of nitrogens with zero attached hydrogens (tertiary/aromatic N) is 2. The normalized spacial score (nSPS) is 19.4. The first-order valence-electron chi connectivity index (χ1n) is 6.67. The van der Waals surface area contributed by atoms with Gasteiger partial charge in [-0.05, 0) is 24.3 Å². The SMILES string of the molecule is Fc1ccc2nc(CN3CCC(F)(F)CC3)ccc2c1. The lowest BCUT2D eigenvalue weighted by Gasteiger charge is -2.31. The summed E-state index contributed by atoms with van der Waals surface area (Å²) in [5, 5.41) is 0.749. The summed E-state index contributed by atoms with van der Waals surface area (Å²) in [6.45, 7) is 1.33. The summed E-state index contributed by atoms with van der Waals surface area (Å²) in [5.74, 6) is -2.81. The molecule has 1 aromatic carbocycles. The van der Waals surface area contributed by atoms with Gasteiger partial charge < -0.3 is 0 Å². The lowest BCUT2D eigenvalue weighted by molar-refractivity contribution is -0.0568. The third kappa shape index (κ3) is 2.93. The van der Waals surface area contributed by atoms with Gasteiger partial charge in [0.15, 0.2) is 0 Å². The highest BCUT2D eigenvalue weighted by Crippen LogP contribution is 2.28. The monoisotopic (exact) mass is 280 g/mol. The summed E-state index contributed by atoms with van der Waals surface area (Å²) in [4.78, 5) is 6.43. The van der Waals surface area contributed by atoms with Crippen LogP contribution in [0.2, 0.25) is 0 Å². The van der Waals surface area contributed by atoms with E-state index in [-0.39, 0.29) is 18.7 Å². The van der Waals surface area contributed by atoms with Gasteiger partial charge in [-0.3, -0.25) is 9.88 Å². The van der Waals surface area contributed by atoms with E-state index in [2.05, 4.69) is 4.98 Å². The van der Waals surface area contributed by atoms with Crippen LogP contribution in [0.5, 0.6) is 0 Å². The maximum atomic E-state index is 13.1. The molecular weight excluding hydrogens is 265 g/mol. The van der Waals surface area contributed by atoms with Gasteiger partial charge in [0.05, 0.1) is 11.2 Å². The zero-order chi connectivity index (χ0) is 14.2. The minimum Gasteiger partial charge on any atom is -0.297 e. The number of alkyl halides is 2. The van der Waals surface area contributed by atoms with Crippen molar-refractivity contribution in [2.45, 2.75) is 25.3 Å². The van der Waals surface area contributed by atoms with Crippen molar-refractivity contribution in [1.29, 1.82) is 0 Å². The molecule has 5 heteroatoms. The van der Waals surface area contributed by atoms with Crippen LogP contribution in [0.25, 0.3) is 10.9 Å². The lowest BCUT2D eigenvalue weighted by Crippen LogP contribution is -2.38. The Morgan fingerprint density at radius 1 is 1.10 bits per heavy atom. The number of rotatable bonds is 2. The Hall–Kier alpha value is -1.62. The highest BCUT2D eigenvalue weighted by Gasteiger charge is 2.33. The molecule has 1 aliphatic heterocycles. The Morgan fingerprint density at radius 3 is 2.60 bits per heavy atom. The first kappa shape index (κ1) is 13.4. The second-order valence-electron chi connectivity index (χ2n) is 5.27. The lowest BCUT2D eigenvalue weighted by atomic mass is 10.1. The Balaban J connectivity index is 1.73. The first-order valence-corrected chi connectivity index (χ1v) is 6.67. The van der Waals surface area contributed by atoms with Gasteiger partial charge in [-0.25, -0.2) is 13.2 Å². The van der Waals surface area contributed by atoms with Gasteiger partial charge in [0, 0.05) is 37.9 Å². The number of fused-ring (bicyclic) bond motifs is 1. The van der Waals surface area contributed by atoms with Crippen molar-refractivity contribution in [3.05, 3.63) is 41.8 Å². The molecule has 1 aliphatic rings. The second-order valence-corrected chi connectivity index (χ2v) is 5.27. The topological polar surface area (TPSA) is 16.1 Å². The molecule has 2 nitrogen and oxygen atoms in total. The summed E-state index contributed by atoms with van der Waals surface area (Å²) >= 11 is 0. The van der Waals surface area contributed by atoms with E-state index in [0.717, 1.165) is 16.6 Å². The molecule has 2 heterocycles. The summed E-state index contributed by atoms with van der Waals surface area (Å²) in [7, 11) is 0. The fourth-order valence-electron chi connectivity index (χ4n) is 2.49. The average Bonchev–Trinajstić information content (AvgIpc) is 2.41. The molecule has 0 spiro atoms. The van der Waals surface area contributed by atoms with Crippen LogP contribution in [0, 0.1) is 5.82 Å². The average molecular weight is 280 g/mol. The van der Waals surface area contributed by atoms with Gasteiger partial charge >= 0.3 is 0 Å². The van der Waals surface area contributed by atoms with Crippen LogP contribution in [-0.2, 0) is 6.54 Å². The molecule has 106 valence electrons. The number of benzene rings is 1. The fraction of sp³-hybridized carbons (Fsp3) is 0.400. The fourth-order valence-corrected chi connectivity index (χ4v) is 2.49. The second kappa shape index (κ2) is 5.05. The molecule has 2 aromatic rings. The summed E-state index contributed by atoms with van der Waals surface area (Å²) in [6.07, 6.45) is -0.183. The van der Waals surface area contributed by atoms with Gasteiger partial charge in [-0.1, -0.05) is 6.07 Å². The number of piperidine rings is 1. The molecule has 3 rings (SSSR count). The third-order valence-corrected chi connectivity index (χ3v) is 3.68. The van der Waals surface area contributed by atoms with Crippen LogP contribution < -0.4 is 0 Å². The number of halogens is 3. The molecule has 0 bridgehead atoms. The quantitative estimate of drug-likeness (QED) is 0.835.